The number of rotatable bonds is 6. The standard InChI is InChI=1S/C7H14F2O/c8-7(9)5-3-1-2-4-6-10/h7,10H,1-6H2. The van der Waals surface area contributed by atoms with Gasteiger partial charge in [-0.3, -0.25) is 0 Å². The van der Waals surface area contributed by atoms with Crippen LogP contribution < -0.4 is 0 Å². The highest BCUT2D eigenvalue weighted by Gasteiger charge is 1.99. The van der Waals surface area contributed by atoms with E-state index in [1.54, 1.807) is 0 Å². The molecule has 1 nitrogen and oxygen atoms in total. The van der Waals surface area contributed by atoms with Crippen molar-refractivity contribution < 1.29 is 13.9 Å². The van der Waals surface area contributed by atoms with E-state index in [9.17, 15) is 8.78 Å². The largest absolute Gasteiger partial charge is 0.396 e. The number of aliphatic hydroxyl groups is 1. The second-order valence-corrected chi connectivity index (χ2v) is 2.32. The van der Waals surface area contributed by atoms with Gasteiger partial charge in [-0.15, -0.1) is 0 Å². The van der Waals surface area contributed by atoms with Gasteiger partial charge in [-0.25, -0.2) is 8.78 Å². The summed E-state index contributed by atoms with van der Waals surface area (Å²) in [5.41, 5.74) is 0. The van der Waals surface area contributed by atoms with Crippen molar-refractivity contribution in [2.24, 2.45) is 0 Å². The summed E-state index contributed by atoms with van der Waals surface area (Å²) in [5, 5.41) is 8.33. The SMILES string of the molecule is OCCCCCCC(F)F. The topological polar surface area (TPSA) is 20.2 Å². The summed E-state index contributed by atoms with van der Waals surface area (Å²) in [6.07, 6.45) is 0.842. The molecule has 0 heterocycles. The first-order valence-electron chi connectivity index (χ1n) is 3.66. The summed E-state index contributed by atoms with van der Waals surface area (Å²) < 4.78 is 23.0. The maximum atomic E-state index is 11.5. The lowest BCUT2D eigenvalue weighted by Gasteiger charge is -1.97. The first-order chi connectivity index (χ1) is 4.77. The molecule has 0 aliphatic heterocycles. The van der Waals surface area contributed by atoms with Crippen molar-refractivity contribution in [3.8, 4) is 0 Å². The molecule has 1 N–H and O–H groups in total. The Morgan fingerprint density at radius 3 is 2.10 bits per heavy atom. The van der Waals surface area contributed by atoms with Crippen LogP contribution in [0.2, 0.25) is 0 Å². The molecule has 0 unspecified atom stereocenters. The lowest BCUT2D eigenvalue weighted by atomic mass is 10.1. The highest BCUT2D eigenvalue weighted by molar-refractivity contribution is 4.44. The molecule has 0 rings (SSSR count). The van der Waals surface area contributed by atoms with Crippen LogP contribution in [0.5, 0.6) is 0 Å². The Labute approximate surface area is 60.1 Å². The molecule has 0 bridgehead atoms. The molecule has 62 valence electrons. The van der Waals surface area contributed by atoms with Gasteiger partial charge in [0.1, 0.15) is 0 Å². The van der Waals surface area contributed by atoms with Crippen LogP contribution in [-0.4, -0.2) is 18.1 Å². The molecule has 0 aromatic carbocycles. The average molecular weight is 152 g/mol. The van der Waals surface area contributed by atoms with E-state index in [0.717, 1.165) is 19.3 Å². The Kier molecular flexibility index (Phi) is 6.81. The molecule has 3 heteroatoms. The highest BCUT2D eigenvalue weighted by atomic mass is 19.3. The van der Waals surface area contributed by atoms with Crippen LogP contribution in [0.3, 0.4) is 0 Å². The number of unbranched alkanes of at least 4 members (excludes halogenated alkanes) is 3. The minimum atomic E-state index is -2.16. The molecular formula is C7H14F2O. The molecule has 0 aliphatic rings. The van der Waals surface area contributed by atoms with E-state index < -0.39 is 6.43 Å². The predicted molar refractivity (Wildman–Crippen MR) is 36.2 cm³/mol. The van der Waals surface area contributed by atoms with Gasteiger partial charge in [0.05, 0.1) is 0 Å². The normalized spacial score (nSPS) is 10.8. The second kappa shape index (κ2) is 6.93. The van der Waals surface area contributed by atoms with Crippen LogP contribution in [0, 0.1) is 0 Å². The Bertz CT molecular complexity index is 66.6. The van der Waals surface area contributed by atoms with Crippen LogP contribution in [0.1, 0.15) is 32.1 Å². The summed E-state index contributed by atoms with van der Waals surface area (Å²) in [4.78, 5) is 0. The monoisotopic (exact) mass is 152 g/mol. The highest BCUT2D eigenvalue weighted by Crippen LogP contribution is 2.08. The first kappa shape index (κ1) is 9.82. The van der Waals surface area contributed by atoms with Crippen LogP contribution in [-0.2, 0) is 0 Å². The predicted octanol–water partition coefficient (Wildman–Crippen LogP) is 2.19. The number of alkyl halides is 2. The molecule has 0 aromatic rings. The Morgan fingerprint density at radius 1 is 1.00 bits per heavy atom. The van der Waals surface area contributed by atoms with Gasteiger partial charge in [0.15, 0.2) is 0 Å². The third-order valence-corrected chi connectivity index (χ3v) is 1.33. The van der Waals surface area contributed by atoms with E-state index in [2.05, 4.69) is 0 Å². The van der Waals surface area contributed by atoms with E-state index >= 15 is 0 Å². The van der Waals surface area contributed by atoms with Crippen molar-refractivity contribution in [3.05, 3.63) is 0 Å². The van der Waals surface area contributed by atoms with Crippen molar-refractivity contribution in [3.63, 3.8) is 0 Å². The minimum absolute atomic E-state index is 0.00539. The second-order valence-electron chi connectivity index (χ2n) is 2.32. The Balaban J connectivity index is 2.77. The molecule has 0 atom stereocenters. The number of halogens is 2. The van der Waals surface area contributed by atoms with Gasteiger partial charge in [0.2, 0.25) is 6.43 Å². The zero-order valence-corrected chi connectivity index (χ0v) is 6.02. The van der Waals surface area contributed by atoms with Gasteiger partial charge in [0, 0.05) is 13.0 Å². The summed E-state index contributed by atoms with van der Waals surface area (Å²) in [7, 11) is 0. The molecular weight excluding hydrogens is 138 g/mol. The molecule has 0 saturated heterocycles. The van der Waals surface area contributed by atoms with Crippen molar-refractivity contribution in [1.82, 2.24) is 0 Å². The van der Waals surface area contributed by atoms with E-state index in [-0.39, 0.29) is 13.0 Å². The van der Waals surface area contributed by atoms with E-state index in [0.29, 0.717) is 6.42 Å². The van der Waals surface area contributed by atoms with E-state index in [1.807, 2.05) is 0 Å². The Hall–Kier alpha value is -0.180. The summed E-state index contributed by atoms with van der Waals surface area (Å²) in [5.74, 6) is 0. The van der Waals surface area contributed by atoms with Gasteiger partial charge in [-0.2, -0.15) is 0 Å². The van der Waals surface area contributed by atoms with Gasteiger partial charge in [-0.1, -0.05) is 12.8 Å². The van der Waals surface area contributed by atoms with Gasteiger partial charge >= 0.3 is 0 Å². The molecule has 0 radical (unpaired) electrons. The van der Waals surface area contributed by atoms with Crippen LogP contribution in [0.25, 0.3) is 0 Å². The van der Waals surface area contributed by atoms with Crippen molar-refractivity contribution in [2.45, 2.75) is 38.5 Å². The molecule has 0 spiro atoms. The fourth-order valence-corrected chi connectivity index (χ4v) is 0.764. The minimum Gasteiger partial charge on any atom is -0.396 e. The van der Waals surface area contributed by atoms with Gasteiger partial charge in [-0.05, 0) is 12.8 Å². The van der Waals surface area contributed by atoms with Crippen LogP contribution >= 0.6 is 0 Å². The quantitative estimate of drug-likeness (QED) is 0.578. The summed E-state index contributed by atoms with van der Waals surface area (Å²) in [6.45, 7) is 0.175. The van der Waals surface area contributed by atoms with Crippen LogP contribution in [0.15, 0.2) is 0 Å². The summed E-state index contributed by atoms with van der Waals surface area (Å²) in [6, 6.07) is 0. The third kappa shape index (κ3) is 7.82. The molecule has 0 amide bonds. The fraction of sp³-hybridized carbons (Fsp3) is 1.00. The average Bonchev–Trinajstić information content (AvgIpc) is 1.87. The lowest BCUT2D eigenvalue weighted by Crippen LogP contribution is -1.90. The number of hydrogen-bond acceptors (Lipinski definition) is 1. The van der Waals surface area contributed by atoms with Gasteiger partial charge < -0.3 is 5.11 Å². The Morgan fingerprint density at radius 2 is 1.60 bits per heavy atom. The smallest absolute Gasteiger partial charge is 0.238 e. The molecule has 0 aliphatic carbocycles. The molecule has 0 fully saturated rings. The summed E-state index contributed by atoms with van der Waals surface area (Å²) >= 11 is 0. The van der Waals surface area contributed by atoms with Gasteiger partial charge in [0.25, 0.3) is 0 Å². The lowest BCUT2D eigenvalue weighted by molar-refractivity contribution is 0.133. The fourth-order valence-electron chi connectivity index (χ4n) is 0.764. The van der Waals surface area contributed by atoms with Crippen LogP contribution in [0.4, 0.5) is 8.78 Å². The number of aliphatic hydroxyl groups excluding tert-OH is 1. The molecule has 0 aromatic heterocycles. The zero-order chi connectivity index (χ0) is 7.82. The zero-order valence-electron chi connectivity index (χ0n) is 6.02. The van der Waals surface area contributed by atoms with Crippen molar-refractivity contribution >= 4 is 0 Å². The van der Waals surface area contributed by atoms with Crippen molar-refractivity contribution in [2.75, 3.05) is 6.61 Å². The van der Waals surface area contributed by atoms with E-state index in [1.165, 1.54) is 0 Å². The maximum absolute atomic E-state index is 11.5. The molecule has 0 saturated carbocycles. The maximum Gasteiger partial charge on any atom is 0.238 e. The first-order valence-corrected chi connectivity index (χ1v) is 3.66. The number of hydrogen-bond donors (Lipinski definition) is 1. The van der Waals surface area contributed by atoms with Crippen molar-refractivity contribution in [1.29, 1.82) is 0 Å². The van der Waals surface area contributed by atoms with E-state index in [4.69, 9.17) is 5.11 Å². The third-order valence-electron chi connectivity index (χ3n) is 1.33. The molecule has 10 heavy (non-hydrogen) atoms.